The van der Waals surface area contributed by atoms with Gasteiger partial charge in [-0.05, 0) is 101 Å². The molecule has 2 saturated carbocycles. The van der Waals surface area contributed by atoms with E-state index in [1.807, 2.05) is 37.8 Å². The smallest absolute Gasteiger partial charge is 0.408 e. The average Bonchev–Trinajstić information content (AvgIpc) is 3.29. The number of hydrogen-bond donors (Lipinski definition) is 1. The first-order valence-corrected chi connectivity index (χ1v) is 16.8. The second-order valence-electron chi connectivity index (χ2n) is 13.6. The minimum Gasteiger partial charge on any atom is -0.496 e. The zero-order valence-electron chi connectivity index (χ0n) is 25.3. The van der Waals surface area contributed by atoms with E-state index in [0.717, 1.165) is 45.4 Å². The minimum absolute atomic E-state index is 0.0445. The molecule has 3 fully saturated rings. The van der Waals surface area contributed by atoms with Gasteiger partial charge in [0.1, 0.15) is 5.75 Å². The maximum Gasteiger partial charge on any atom is 0.408 e. The van der Waals surface area contributed by atoms with Gasteiger partial charge in [0.2, 0.25) is 0 Å². The Morgan fingerprint density at radius 1 is 1.12 bits per heavy atom. The lowest BCUT2D eigenvalue weighted by Crippen LogP contribution is -2.55. The number of benzene rings is 2. The predicted octanol–water partition coefficient (Wildman–Crippen LogP) is 8.39. The third-order valence-corrected chi connectivity index (χ3v) is 11.5. The summed E-state index contributed by atoms with van der Waals surface area (Å²) < 4.78 is 10.5. The van der Waals surface area contributed by atoms with E-state index in [0.29, 0.717) is 17.9 Å². The highest BCUT2D eigenvalue weighted by atomic mass is 79.9. The summed E-state index contributed by atoms with van der Waals surface area (Å²) in [6, 6.07) is 12.4. The molecule has 3 atom stereocenters. The summed E-state index contributed by atoms with van der Waals surface area (Å²) in [6.45, 7) is 9.55. The molecule has 0 radical (unpaired) electrons. The summed E-state index contributed by atoms with van der Waals surface area (Å²) in [5.74, 6) is 1.53. The maximum atomic E-state index is 14.1. The molecular formula is C34H38BrN3O4S. The number of methoxy groups -OCH3 is 1. The van der Waals surface area contributed by atoms with Crippen molar-refractivity contribution < 1.29 is 19.4 Å². The largest absolute Gasteiger partial charge is 0.496 e. The fourth-order valence-corrected chi connectivity index (χ4v) is 9.29. The number of aromatic nitrogens is 1. The molecule has 2 bridgehead atoms. The van der Waals surface area contributed by atoms with Gasteiger partial charge in [-0.2, -0.15) is 0 Å². The highest BCUT2D eigenvalue weighted by Crippen LogP contribution is 2.47. The van der Waals surface area contributed by atoms with Crippen LogP contribution >= 0.6 is 27.3 Å². The van der Waals surface area contributed by atoms with Crippen LogP contribution < -0.4 is 4.74 Å². The van der Waals surface area contributed by atoms with Crippen LogP contribution in [0.5, 0.6) is 5.75 Å². The van der Waals surface area contributed by atoms with Crippen LogP contribution in [0.2, 0.25) is 0 Å². The second kappa shape index (κ2) is 10.3. The molecule has 2 unspecified atom stereocenters. The van der Waals surface area contributed by atoms with Gasteiger partial charge >= 0.3 is 6.09 Å². The standard InChI is InChI=1S/C34H38BrN3O4S/c1-18-29-27(42-5)13-22(32(39)37-17-21-9-11-24(37)30(21)38(33(40)41)34(2,3)4)14-28(29)43-31(18)26-12-20-8-10-23(35)15-25(20)36(26)16-19-6-7-19/h8,10,12-15,19,21,24,30H,6-7,9,11,16-17H2,1-5H3,(H,40,41)/t21?,24?,30-/m1/s1. The van der Waals surface area contributed by atoms with E-state index < -0.39 is 11.6 Å². The van der Waals surface area contributed by atoms with Crippen LogP contribution in [0.25, 0.3) is 31.6 Å². The molecule has 2 aliphatic carbocycles. The molecule has 3 aliphatic rings. The van der Waals surface area contributed by atoms with Gasteiger partial charge in [-0.15, -0.1) is 11.3 Å². The first-order chi connectivity index (χ1) is 20.5. The third kappa shape index (κ3) is 4.74. The number of ether oxygens (including phenoxy) is 1. The number of halogens is 1. The molecule has 4 aromatic rings. The van der Waals surface area contributed by atoms with Crippen molar-refractivity contribution in [3.63, 3.8) is 0 Å². The molecule has 2 aromatic heterocycles. The van der Waals surface area contributed by atoms with Crippen LogP contribution in [-0.4, -0.2) is 62.8 Å². The molecule has 226 valence electrons. The Kier molecular flexibility index (Phi) is 6.85. The second-order valence-corrected chi connectivity index (χ2v) is 15.5. The summed E-state index contributed by atoms with van der Waals surface area (Å²) in [7, 11) is 1.67. The molecule has 1 N–H and O–H groups in total. The zero-order chi connectivity index (χ0) is 30.4. The van der Waals surface area contributed by atoms with Gasteiger partial charge < -0.3 is 19.3 Å². The third-order valence-electron chi connectivity index (χ3n) is 9.73. The number of likely N-dealkylation sites (tertiary alicyclic amines) is 1. The predicted molar refractivity (Wildman–Crippen MR) is 175 cm³/mol. The molecule has 43 heavy (non-hydrogen) atoms. The number of thiophene rings is 1. The van der Waals surface area contributed by atoms with Gasteiger partial charge in [0.25, 0.3) is 5.91 Å². The molecule has 1 saturated heterocycles. The summed E-state index contributed by atoms with van der Waals surface area (Å²) in [5, 5.41) is 12.4. The Morgan fingerprint density at radius 3 is 2.56 bits per heavy atom. The summed E-state index contributed by atoms with van der Waals surface area (Å²) in [6.07, 6.45) is 3.40. The van der Waals surface area contributed by atoms with Crippen LogP contribution in [0, 0.1) is 18.8 Å². The van der Waals surface area contributed by atoms with E-state index in [4.69, 9.17) is 4.74 Å². The van der Waals surface area contributed by atoms with E-state index in [1.54, 1.807) is 23.3 Å². The average molecular weight is 665 g/mol. The number of hydrogen-bond acceptors (Lipinski definition) is 4. The van der Waals surface area contributed by atoms with E-state index in [-0.39, 0.29) is 23.9 Å². The first kappa shape index (κ1) is 28.7. The molecule has 2 aromatic carbocycles. The normalized spacial score (nSPS) is 21.7. The number of fused-ring (bicyclic) bond motifs is 4. The van der Waals surface area contributed by atoms with E-state index in [9.17, 15) is 14.7 Å². The van der Waals surface area contributed by atoms with Crippen molar-refractivity contribution >= 4 is 60.3 Å². The molecule has 2 amide bonds. The SMILES string of the molecule is COc1cc(C(=O)N2CC3CCC2[C@@H]3N(C(=O)O)C(C)(C)C)cc2sc(-c3cc4ccc(Br)cc4n3CC3CC3)c(C)c12. The van der Waals surface area contributed by atoms with Crippen LogP contribution in [-0.2, 0) is 6.54 Å². The lowest BCUT2D eigenvalue weighted by Gasteiger charge is -2.40. The molecular weight excluding hydrogens is 626 g/mol. The summed E-state index contributed by atoms with van der Waals surface area (Å²) in [5.41, 5.74) is 3.67. The number of carbonyl (C=O) groups is 2. The molecule has 7 rings (SSSR count). The first-order valence-electron chi connectivity index (χ1n) is 15.2. The fraction of sp³-hybridized carbons (Fsp3) is 0.471. The van der Waals surface area contributed by atoms with Gasteiger partial charge in [0.15, 0.2) is 0 Å². The lowest BCUT2D eigenvalue weighted by atomic mass is 9.98. The minimum atomic E-state index is -0.917. The Morgan fingerprint density at radius 2 is 1.88 bits per heavy atom. The Bertz CT molecular complexity index is 1780. The number of amides is 2. The van der Waals surface area contributed by atoms with Gasteiger partial charge in [-0.25, -0.2) is 4.79 Å². The molecule has 7 nitrogen and oxygen atoms in total. The van der Waals surface area contributed by atoms with Crippen LogP contribution in [0.15, 0.2) is 40.9 Å². The van der Waals surface area contributed by atoms with E-state index >= 15 is 0 Å². The Balaban J connectivity index is 1.28. The summed E-state index contributed by atoms with van der Waals surface area (Å²) in [4.78, 5) is 31.2. The van der Waals surface area contributed by atoms with Crippen molar-refractivity contribution in [2.45, 2.75) is 77.5 Å². The summed E-state index contributed by atoms with van der Waals surface area (Å²) >= 11 is 5.39. The topological polar surface area (TPSA) is 75.0 Å². The molecule has 9 heteroatoms. The fourth-order valence-electron chi connectivity index (χ4n) is 7.65. The number of carbonyl (C=O) groups excluding carboxylic acids is 1. The van der Waals surface area contributed by atoms with E-state index in [1.165, 1.54) is 34.3 Å². The van der Waals surface area contributed by atoms with Crippen LogP contribution in [0.3, 0.4) is 0 Å². The number of piperidine rings is 1. The van der Waals surface area contributed by atoms with Crippen LogP contribution in [0.4, 0.5) is 4.79 Å². The quantitative estimate of drug-likeness (QED) is 0.225. The van der Waals surface area contributed by atoms with Crippen molar-refractivity contribution in [3.8, 4) is 16.3 Å². The van der Waals surface area contributed by atoms with E-state index in [2.05, 4.69) is 51.7 Å². The highest BCUT2D eigenvalue weighted by Gasteiger charge is 2.54. The monoisotopic (exact) mass is 663 g/mol. The van der Waals surface area contributed by atoms with Crippen molar-refractivity contribution in [3.05, 3.63) is 52.0 Å². The van der Waals surface area contributed by atoms with Crippen molar-refractivity contribution in [1.82, 2.24) is 14.4 Å². The Hall–Kier alpha value is -3.04. The van der Waals surface area contributed by atoms with Crippen molar-refractivity contribution in [2.75, 3.05) is 13.7 Å². The van der Waals surface area contributed by atoms with Gasteiger partial charge in [-0.3, -0.25) is 9.69 Å². The number of carboxylic acid groups (broad SMARTS) is 1. The van der Waals surface area contributed by atoms with Crippen molar-refractivity contribution in [1.29, 1.82) is 0 Å². The van der Waals surface area contributed by atoms with Gasteiger partial charge in [-0.1, -0.05) is 22.0 Å². The van der Waals surface area contributed by atoms with Crippen LogP contribution in [0.1, 0.15) is 62.4 Å². The number of rotatable bonds is 6. The van der Waals surface area contributed by atoms with Gasteiger partial charge in [0.05, 0.1) is 29.8 Å². The molecule has 0 spiro atoms. The lowest BCUT2D eigenvalue weighted by molar-refractivity contribution is 0.0503. The van der Waals surface area contributed by atoms with Gasteiger partial charge in [0, 0.05) is 49.7 Å². The Labute approximate surface area is 264 Å². The number of aryl methyl sites for hydroxylation is 1. The molecule has 1 aliphatic heterocycles. The molecule has 3 heterocycles. The zero-order valence-corrected chi connectivity index (χ0v) is 27.7. The highest BCUT2D eigenvalue weighted by molar-refractivity contribution is 9.10. The maximum absolute atomic E-state index is 14.1. The van der Waals surface area contributed by atoms with Crippen molar-refractivity contribution in [2.24, 2.45) is 11.8 Å². The number of nitrogens with zero attached hydrogens (tertiary/aromatic N) is 3.